The number of hydrogen-bond acceptors (Lipinski definition) is 2. The van der Waals surface area contributed by atoms with Crippen LogP contribution in [0, 0.1) is 34.5 Å². The smallest absolute Gasteiger partial charge is 0.153 e. The average molecular weight is 163 g/mol. The molecule has 64 valence electrons. The van der Waals surface area contributed by atoms with Gasteiger partial charge in [-0.15, -0.1) is 0 Å². The molecule has 0 amide bonds. The first-order chi connectivity index (χ1) is 5.57. The summed E-state index contributed by atoms with van der Waals surface area (Å²) in [6.45, 7) is 4.30. The normalized spacial score (nSPS) is 43.1. The van der Waals surface area contributed by atoms with Gasteiger partial charge >= 0.3 is 0 Å². The van der Waals surface area contributed by atoms with Crippen molar-refractivity contribution < 1.29 is 4.79 Å². The number of ketones is 1. The van der Waals surface area contributed by atoms with Crippen molar-refractivity contribution in [1.29, 1.82) is 5.26 Å². The molecule has 12 heavy (non-hydrogen) atoms. The lowest BCUT2D eigenvalue weighted by Crippen LogP contribution is -2.55. The molecule has 0 aromatic rings. The lowest BCUT2D eigenvalue weighted by atomic mass is 9.46. The maximum Gasteiger partial charge on any atom is 0.153 e. The Hall–Kier alpha value is -0.840. The van der Waals surface area contributed by atoms with Crippen LogP contribution >= 0.6 is 0 Å². The third-order valence-corrected chi connectivity index (χ3v) is 3.83. The highest BCUT2D eigenvalue weighted by Crippen LogP contribution is 2.58. The minimum atomic E-state index is -0.290. The molecular formula is C10H13NO. The van der Waals surface area contributed by atoms with E-state index in [1.807, 2.05) is 0 Å². The molecule has 0 saturated heterocycles. The van der Waals surface area contributed by atoms with Crippen molar-refractivity contribution in [3.63, 3.8) is 0 Å². The van der Waals surface area contributed by atoms with Gasteiger partial charge in [0.05, 0.1) is 6.07 Å². The van der Waals surface area contributed by atoms with Crippen molar-refractivity contribution in [2.75, 3.05) is 0 Å². The Bertz CT molecular complexity index is 274. The second-order valence-corrected chi connectivity index (χ2v) is 4.63. The number of rotatable bonds is 0. The molecule has 3 rings (SSSR count). The van der Waals surface area contributed by atoms with Gasteiger partial charge in [0, 0.05) is 5.92 Å². The molecule has 0 heterocycles. The Balaban J connectivity index is 2.24. The van der Waals surface area contributed by atoms with E-state index in [0.717, 1.165) is 12.8 Å². The van der Waals surface area contributed by atoms with E-state index in [2.05, 4.69) is 19.9 Å². The number of Topliss-reactive ketones (excluding diaryl/α,β-unsaturated/α-hetero) is 1. The lowest BCUT2D eigenvalue weighted by molar-refractivity contribution is -0.153. The van der Waals surface area contributed by atoms with Gasteiger partial charge in [-0.3, -0.25) is 4.79 Å². The van der Waals surface area contributed by atoms with Crippen molar-refractivity contribution in [3.05, 3.63) is 0 Å². The Morgan fingerprint density at radius 2 is 2.17 bits per heavy atom. The van der Waals surface area contributed by atoms with Crippen LogP contribution in [0.2, 0.25) is 0 Å². The summed E-state index contributed by atoms with van der Waals surface area (Å²) >= 11 is 0. The zero-order chi connectivity index (χ0) is 8.93. The summed E-state index contributed by atoms with van der Waals surface area (Å²) < 4.78 is 0. The Labute approximate surface area is 72.6 Å². The quantitative estimate of drug-likeness (QED) is 0.546. The second kappa shape index (κ2) is 2.10. The van der Waals surface area contributed by atoms with Gasteiger partial charge in [0.2, 0.25) is 0 Å². The monoisotopic (exact) mass is 163 g/mol. The van der Waals surface area contributed by atoms with Crippen LogP contribution in [0.25, 0.3) is 0 Å². The van der Waals surface area contributed by atoms with Crippen molar-refractivity contribution >= 4 is 5.78 Å². The van der Waals surface area contributed by atoms with Crippen molar-refractivity contribution in [1.82, 2.24) is 0 Å². The summed E-state index contributed by atoms with van der Waals surface area (Å²) in [5.74, 6) is 0.706. The molecular weight excluding hydrogens is 150 g/mol. The zero-order valence-corrected chi connectivity index (χ0v) is 7.50. The number of carbonyl (C=O) groups excluding carboxylic acids is 1. The number of carbonyl (C=O) groups is 1. The summed E-state index contributed by atoms with van der Waals surface area (Å²) in [5, 5.41) is 8.70. The van der Waals surface area contributed by atoms with Crippen LogP contribution in [0.3, 0.4) is 0 Å². The third-order valence-electron chi connectivity index (χ3n) is 3.83. The highest BCUT2D eigenvalue weighted by molar-refractivity contribution is 5.88. The highest BCUT2D eigenvalue weighted by atomic mass is 16.1. The molecule has 0 aliphatic heterocycles. The fourth-order valence-corrected chi connectivity index (χ4v) is 2.66. The molecule has 0 N–H and O–H groups in total. The van der Waals surface area contributed by atoms with E-state index < -0.39 is 0 Å². The molecule has 3 aliphatic carbocycles. The first kappa shape index (κ1) is 7.79. The summed E-state index contributed by atoms with van der Waals surface area (Å²) in [7, 11) is 0. The van der Waals surface area contributed by atoms with Crippen LogP contribution in [-0.2, 0) is 4.79 Å². The SMILES string of the molecule is CC1(C)[C@H]2CC(C#N)C(=O)[C@@H]1C2. The summed E-state index contributed by atoms with van der Waals surface area (Å²) in [6.07, 6.45) is 1.84. The van der Waals surface area contributed by atoms with Gasteiger partial charge in [-0.1, -0.05) is 13.8 Å². The first-order valence-electron chi connectivity index (χ1n) is 4.50. The summed E-state index contributed by atoms with van der Waals surface area (Å²) in [6, 6.07) is 2.10. The first-order valence-corrected chi connectivity index (χ1v) is 4.50. The molecule has 2 heteroatoms. The second-order valence-electron chi connectivity index (χ2n) is 4.63. The van der Waals surface area contributed by atoms with E-state index in [9.17, 15) is 4.79 Å². The van der Waals surface area contributed by atoms with Gasteiger partial charge in [-0.2, -0.15) is 5.26 Å². The molecule has 0 radical (unpaired) electrons. The Morgan fingerprint density at radius 3 is 2.58 bits per heavy atom. The van der Waals surface area contributed by atoms with Gasteiger partial charge in [0.15, 0.2) is 5.78 Å². The van der Waals surface area contributed by atoms with E-state index >= 15 is 0 Å². The predicted octanol–water partition coefficient (Wildman–Crippen LogP) is 1.76. The zero-order valence-electron chi connectivity index (χ0n) is 7.50. The van der Waals surface area contributed by atoms with Gasteiger partial charge in [-0.25, -0.2) is 0 Å². The highest BCUT2D eigenvalue weighted by Gasteiger charge is 2.57. The van der Waals surface area contributed by atoms with Gasteiger partial charge < -0.3 is 0 Å². The molecule has 3 aliphatic rings. The number of fused-ring (bicyclic) bond motifs is 2. The molecule has 0 spiro atoms. The number of nitriles is 1. The number of nitrogens with zero attached hydrogens (tertiary/aromatic N) is 1. The van der Waals surface area contributed by atoms with Gasteiger partial charge in [0.25, 0.3) is 0 Å². The van der Waals surface area contributed by atoms with Crippen LogP contribution in [0.4, 0.5) is 0 Å². The van der Waals surface area contributed by atoms with Crippen LogP contribution in [-0.4, -0.2) is 5.78 Å². The molecule has 2 nitrogen and oxygen atoms in total. The van der Waals surface area contributed by atoms with E-state index in [1.54, 1.807) is 0 Å². The van der Waals surface area contributed by atoms with Crippen LogP contribution < -0.4 is 0 Å². The molecule has 3 atom stereocenters. The molecule has 0 aromatic carbocycles. The van der Waals surface area contributed by atoms with E-state index in [0.29, 0.717) is 5.92 Å². The van der Waals surface area contributed by atoms with E-state index in [-0.39, 0.29) is 23.0 Å². The summed E-state index contributed by atoms with van der Waals surface area (Å²) in [4.78, 5) is 11.6. The molecule has 0 aromatic heterocycles. The molecule has 3 saturated carbocycles. The Kier molecular flexibility index (Phi) is 1.36. The van der Waals surface area contributed by atoms with E-state index in [4.69, 9.17) is 5.26 Å². The fraction of sp³-hybridized carbons (Fsp3) is 0.800. The lowest BCUT2D eigenvalue weighted by Gasteiger charge is -2.56. The molecule has 2 bridgehead atoms. The van der Waals surface area contributed by atoms with Crippen molar-refractivity contribution in [3.8, 4) is 6.07 Å². The van der Waals surface area contributed by atoms with Crippen LogP contribution in [0.1, 0.15) is 26.7 Å². The van der Waals surface area contributed by atoms with Crippen molar-refractivity contribution in [2.45, 2.75) is 26.7 Å². The molecule has 3 fully saturated rings. The van der Waals surface area contributed by atoms with Gasteiger partial charge in [0.1, 0.15) is 5.92 Å². The number of hydrogen-bond donors (Lipinski definition) is 0. The van der Waals surface area contributed by atoms with E-state index in [1.165, 1.54) is 0 Å². The average Bonchev–Trinajstić information content (AvgIpc) is 2.03. The maximum absolute atomic E-state index is 11.6. The topological polar surface area (TPSA) is 40.9 Å². The predicted molar refractivity (Wildman–Crippen MR) is 44.1 cm³/mol. The standard InChI is InChI=1S/C10H13NO/c1-10(2)7-3-6(5-11)9(12)8(10)4-7/h6-8H,3-4H2,1-2H3/t6?,7-,8-/m0/s1. The summed E-state index contributed by atoms with van der Waals surface area (Å²) in [5.41, 5.74) is 0.185. The van der Waals surface area contributed by atoms with Crippen molar-refractivity contribution in [2.24, 2.45) is 23.2 Å². The largest absolute Gasteiger partial charge is 0.298 e. The van der Waals surface area contributed by atoms with Crippen LogP contribution in [0.15, 0.2) is 0 Å². The van der Waals surface area contributed by atoms with Crippen LogP contribution in [0.5, 0.6) is 0 Å². The van der Waals surface area contributed by atoms with Gasteiger partial charge in [-0.05, 0) is 24.2 Å². The maximum atomic E-state index is 11.6. The minimum absolute atomic E-state index is 0.181. The molecule has 1 unspecified atom stereocenters. The fourth-order valence-electron chi connectivity index (χ4n) is 2.66. The Morgan fingerprint density at radius 1 is 1.50 bits per heavy atom. The third kappa shape index (κ3) is 0.717. The minimum Gasteiger partial charge on any atom is -0.298 e.